The summed E-state index contributed by atoms with van der Waals surface area (Å²) in [6, 6.07) is 6.80. The van der Waals surface area contributed by atoms with E-state index in [4.69, 9.17) is 21.6 Å². The number of rotatable bonds is 6. The number of halogens is 3. The molecule has 4 rings (SSSR count). The van der Waals surface area contributed by atoms with Crippen LogP contribution in [-0.4, -0.2) is 50.2 Å². The normalized spacial score (nSPS) is 17.8. The quantitative estimate of drug-likeness (QED) is 0.316. The average molecular weight is 491 g/mol. The van der Waals surface area contributed by atoms with Gasteiger partial charge in [-0.05, 0) is 25.0 Å². The van der Waals surface area contributed by atoms with Crippen molar-refractivity contribution in [2.45, 2.75) is 50.7 Å². The molecule has 0 aromatic carbocycles. The van der Waals surface area contributed by atoms with Gasteiger partial charge in [-0.25, -0.2) is 23.6 Å². The molecule has 0 radical (unpaired) electrons. The van der Waals surface area contributed by atoms with Crippen molar-refractivity contribution in [2.24, 2.45) is 0 Å². The largest absolute Gasteiger partial charge is 0.474 e. The smallest absolute Gasteiger partial charge is 0.255 e. The number of nitrogens with one attached hydrogen (secondary N) is 1. The summed E-state index contributed by atoms with van der Waals surface area (Å²) in [6.07, 6.45) is -1.08. The number of ether oxygens (including phenoxy) is 1. The van der Waals surface area contributed by atoms with Crippen LogP contribution in [0.4, 0.5) is 14.6 Å². The molecule has 2 aliphatic rings. The molecule has 0 atom stereocenters. The molecule has 0 saturated heterocycles. The number of nitrogens with zero attached hydrogens (tertiary/aromatic N) is 5. The maximum atomic E-state index is 13.0. The van der Waals surface area contributed by atoms with Crippen LogP contribution in [0.15, 0.2) is 12.1 Å². The van der Waals surface area contributed by atoms with Crippen molar-refractivity contribution in [2.75, 3.05) is 18.4 Å². The van der Waals surface area contributed by atoms with Crippen LogP contribution in [0.3, 0.4) is 0 Å². The van der Waals surface area contributed by atoms with Crippen molar-refractivity contribution in [1.29, 1.82) is 10.5 Å². The number of aryl methyl sites for hydroxylation is 1. The molecule has 0 spiro atoms. The average Bonchev–Trinajstić information content (AvgIpc) is 2.75. The van der Waals surface area contributed by atoms with Gasteiger partial charge in [-0.15, -0.1) is 0 Å². The van der Waals surface area contributed by atoms with E-state index in [2.05, 4.69) is 15.3 Å². The molecule has 34 heavy (non-hydrogen) atoms. The predicted octanol–water partition coefficient (Wildman–Crippen LogP) is 2.58. The van der Waals surface area contributed by atoms with Crippen molar-refractivity contribution in [1.82, 2.24) is 14.9 Å². The molecule has 12 heteroatoms. The zero-order valence-corrected chi connectivity index (χ0v) is 18.9. The number of aliphatic hydroxyl groups is 2. The molecule has 3 N–H and O–H groups in total. The highest BCUT2D eigenvalue weighted by molar-refractivity contribution is 6.30. The Morgan fingerprint density at radius 1 is 1.29 bits per heavy atom. The van der Waals surface area contributed by atoms with E-state index in [9.17, 15) is 24.3 Å². The molecule has 9 nitrogen and oxygen atoms in total. The number of anilines is 1. The molecule has 2 aromatic rings. The fourth-order valence-electron chi connectivity index (χ4n) is 4.24. The summed E-state index contributed by atoms with van der Waals surface area (Å²) in [5.41, 5.74) is 1.63. The first-order valence-corrected chi connectivity index (χ1v) is 10.9. The summed E-state index contributed by atoms with van der Waals surface area (Å²) in [5.74, 6) is -4.67. The van der Waals surface area contributed by atoms with Crippen LogP contribution in [0.5, 0.6) is 5.88 Å². The highest BCUT2D eigenvalue weighted by Crippen LogP contribution is 2.40. The standard InChI is InChI=1S/C22H21ClF2N6O3/c1-12-17(2-3-18(29-12)34-13-8-21(24,25)9-13)22(32,33)31-7-4-14-16(11-31)15(10-27)19(23)30-20(14)28-6-5-26/h2-3,13,32-33H,4,6-9,11H2,1H3,(H,28,30). The lowest BCUT2D eigenvalue weighted by atomic mass is 9.91. The summed E-state index contributed by atoms with van der Waals surface area (Å²) in [6.45, 7) is 1.73. The van der Waals surface area contributed by atoms with Gasteiger partial charge in [-0.2, -0.15) is 10.5 Å². The van der Waals surface area contributed by atoms with Gasteiger partial charge in [0.2, 0.25) is 5.88 Å². The number of nitriles is 2. The van der Waals surface area contributed by atoms with Crippen LogP contribution in [0.2, 0.25) is 5.15 Å². The molecular formula is C22H21ClF2N6O3. The SMILES string of the molecule is Cc1nc(OC2CC(F)(F)C2)ccc1C(O)(O)N1CCc2c(NCC#N)nc(Cl)c(C#N)c2C1. The Balaban J connectivity index is 1.58. The van der Waals surface area contributed by atoms with Gasteiger partial charge in [0.1, 0.15) is 29.7 Å². The molecule has 1 fully saturated rings. The molecule has 3 heterocycles. The fraction of sp³-hybridized carbons (Fsp3) is 0.455. The predicted molar refractivity (Wildman–Crippen MR) is 116 cm³/mol. The Morgan fingerprint density at radius 2 is 2.03 bits per heavy atom. The Morgan fingerprint density at radius 3 is 2.65 bits per heavy atom. The summed E-state index contributed by atoms with van der Waals surface area (Å²) in [4.78, 5) is 9.74. The van der Waals surface area contributed by atoms with E-state index < -0.39 is 17.9 Å². The second-order valence-corrected chi connectivity index (χ2v) is 8.66. The first-order valence-electron chi connectivity index (χ1n) is 10.5. The summed E-state index contributed by atoms with van der Waals surface area (Å²) < 4.78 is 31.5. The second kappa shape index (κ2) is 8.93. The van der Waals surface area contributed by atoms with Crippen LogP contribution >= 0.6 is 11.6 Å². The van der Waals surface area contributed by atoms with Crippen LogP contribution < -0.4 is 10.1 Å². The topological polar surface area (TPSA) is 138 Å². The Labute approximate surface area is 199 Å². The Hall–Kier alpha value is -3.09. The first-order chi connectivity index (χ1) is 16.1. The molecular weight excluding hydrogens is 470 g/mol. The lowest BCUT2D eigenvalue weighted by Crippen LogP contribution is -2.49. The van der Waals surface area contributed by atoms with Crippen LogP contribution in [-0.2, 0) is 18.9 Å². The monoisotopic (exact) mass is 490 g/mol. The number of pyridine rings is 2. The van der Waals surface area contributed by atoms with Gasteiger partial charge in [0, 0.05) is 43.1 Å². The van der Waals surface area contributed by atoms with E-state index in [1.54, 1.807) is 6.92 Å². The number of alkyl halides is 2. The van der Waals surface area contributed by atoms with E-state index in [0.717, 1.165) is 0 Å². The van der Waals surface area contributed by atoms with Gasteiger partial charge in [0.05, 0.1) is 17.3 Å². The number of aromatic nitrogens is 2. The highest BCUT2D eigenvalue weighted by Gasteiger charge is 2.47. The lowest BCUT2D eigenvalue weighted by molar-refractivity contribution is -0.280. The summed E-state index contributed by atoms with van der Waals surface area (Å²) >= 11 is 6.17. The molecule has 0 bridgehead atoms. The molecule has 1 saturated carbocycles. The van der Waals surface area contributed by atoms with Gasteiger partial charge in [-0.3, -0.25) is 0 Å². The number of fused-ring (bicyclic) bond motifs is 1. The van der Waals surface area contributed by atoms with Gasteiger partial charge in [0.15, 0.2) is 0 Å². The second-order valence-electron chi connectivity index (χ2n) is 8.30. The third kappa shape index (κ3) is 4.48. The van der Waals surface area contributed by atoms with Crippen LogP contribution in [0.25, 0.3) is 0 Å². The van der Waals surface area contributed by atoms with E-state index in [1.165, 1.54) is 17.0 Å². The molecule has 0 unspecified atom stereocenters. The molecule has 1 aliphatic heterocycles. The van der Waals surface area contributed by atoms with Crippen molar-refractivity contribution in [3.8, 4) is 18.0 Å². The van der Waals surface area contributed by atoms with Gasteiger partial charge in [-0.1, -0.05) is 11.6 Å². The van der Waals surface area contributed by atoms with Crippen molar-refractivity contribution in [3.05, 3.63) is 45.2 Å². The number of hydrogen-bond acceptors (Lipinski definition) is 9. The zero-order valence-electron chi connectivity index (χ0n) is 18.1. The minimum absolute atomic E-state index is 0.00684. The van der Waals surface area contributed by atoms with Crippen LogP contribution in [0, 0.1) is 29.6 Å². The van der Waals surface area contributed by atoms with Gasteiger partial charge in [0.25, 0.3) is 11.8 Å². The van der Waals surface area contributed by atoms with E-state index in [1.807, 2.05) is 12.1 Å². The molecule has 0 amide bonds. The van der Waals surface area contributed by atoms with E-state index in [0.29, 0.717) is 23.4 Å². The van der Waals surface area contributed by atoms with Gasteiger partial charge >= 0.3 is 0 Å². The minimum Gasteiger partial charge on any atom is -0.474 e. The fourth-order valence-corrected chi connectivity index (χ4v) is 4.48. The van der Waals surface area contributed by atoms with E-state index >= 15 is 0 Å². The molecule has 178 valence electrons. The van der Waals surface area contributed by atoms with Gasteiger partial charge < -0.3 is 20.3 Å². The van der Waals surface area contributed by atoms with Crippen LogP contribution in [0.1, 0.15) is 40.8 Å². The zero-order chi connectivity index (χ0) is 24.7. The molecule has 2 aromatic heterocycles. The maximum absolute atomic E-state index is 13.0. The van der Waals surface area contributed by atoms with Crippen molar-refractivity contribution in [3.63, 3.8) is 0 Å². The number of hydrogen-bond donors (Lipinski definition) is 3. The first kappa shape index (κ1) is 24.0. The Bertz CT molecular complexity index is 1200. The lowest BCUT2D eigenvalue weighted by Gasteiger charge is -2.39. The highest BCUT2D eigenvalue weighted by atomic mass is 35.5. The summed E-state index contributed by atoms with van der Waals surface area (Å²) in [5, 5.41) is 43.4. The van der Waals surface area contributed by atoms with E-state index in [-0.39, 0.29) is 60.3 Å². The van der Waals surface area contributed by atoms with Crippen molar-refractivity contribution < 1.29 is 23.7 Å². The third-order valence-electron chi connectivity index (χ3n) is 6.00. The van der Waals surface area contributed by atoms with Crippen molar-refractivity contribution >= 4 is 17.4 Å². The molecule has 1 aliphatic carbocycles. The minimum atomic E-state index is -2.72. The maximum Gasteiger partial charge on any atom is 0.255 e. The summed E-state index contributed by atoms with van der Waals surface area (Å²) in [7, 11) is 0. The third-order valence-corrected chi connectivity index (χ3v) is 6.27. The Kier molecular flexibility index (Phi) is 6.32.